The van der Waals surface area contributed by atoms with Gasteiger partial charge in [-0.15, -0.1) is 0 Å². The standard InChI is InChI=1S/C19H7BF10O/c1-31-11-3-2-6(21)12(17(11)28)20(13-7(22)4-9(24)15(26)18(13)29)14-8(23)5-10(25)16(27)19(14)30/h2-5H,1H3. The van der Waals surface area contributed by atoms with Gasteiger partial charge < -0.3 is 4.74 Å². The third-order valence-corrected chi connectivity index (χ3v) is 4.48. The number of methoxy groups -OCH3 is 1. The number of halogens is 10. The first-order valence-electron chi connectivity index (χ1n) is 8.18. The SMILES string of the molecule is COc1ccc(F)c(B(c2c(F)cc(F)c(F)c2F)c2c(F)cc(F)c(F)c2F)c1F. The second kappa shape index (κ2) is 8.16. The quantitative estimate of drug-likeness (QED) is 0.255. The van der Waals surface area contributed by atoms with E-state index in [1.807, 2.05) is 0 Å². The Bertz CT molecular complexity index is 1130. The van der Waals surface area contributed by atoms with E-state index in [9.17, 15) is 43.9 Å². The Balaban J connectivity index is 2.54. The van der Waals surface area contributed by atoms with Gasteiger partial charge in [0.1, 0.15) is 17.5 Å². The van der Waals surface area contributed by atoms with Gasteiger partial charge in [0.15, 0.2) is 46.5 Å². The molecule has 0 saturated carbocycles. The molecule has 1 nitrogen and oxygen atoms in total. The maximum atomic E-state index is 14.9. The number of rotatable bonds is 4. The minimum Gasteiger partial charge on any atom is -0.494 e. The molecule has 0 aliphatic rings. The third-order valence-electron chi connectivity index (χ3n) is 4.48. The van der Waals surface area contributed by atoms with E-state index in [0.29, 0.717) is 12.1 Å². The van der Waals surface area contributed by atoms with E-state index in [1.165, 1.54) is 0 Å². The monoisotopic (exact) mass is 452 g/mol. The summed E-state index contributed by atoms with van der Waals surface area (Å²) in [7, 11) is 0.895. The van der Waals surface area contributed by atoms with Gasteiger partial charge >= 0.3 is 0 Å². The summed E-state index contributed by atoms with van der Waals surface area (Å²) in [4.78, 5) is 0. The van der Waals surface area contributed by atoms with E-state index in [0.717, 1.165) is 7.11 Å². The van der Waals surface area contributed by atoms with Crippen molar-refractivity contribution >= 4 is 23.1 Å². The van der Waals surface area contributed by atoms with E-state index >= 15 is 0 Å². The minimum atomic E-state index is -2.89. The fraction of sp³-hybridized carbons (Fsp3) is 0.0526. The van der Waals surface area contributed by atoms with Crippen LogP contribution in [0, 0.1) is 58.2 Å². The summed E-state index contributed by atoms with van der Waals surface area (Å²) in [5.74, 6) is -21.8. The van der Waals surface area contributed by atoms with Crippen LogP contribution in [0.15, 0.2) is 24.3 Å². The molecule has 0 aromatic heterocycles. The molecule has 0 aliphatic heterocycles. The molecule has 162 valence electrons. The predicted molar refractivity (Wildman–Crippen MR) is 90.1 cm³/mol. The lowest BCUT2D eigenvalue weighted by molar-refractivity contribution is 0.386. The number of hydrogen-bond acceptors (Lipinski definition) is 1. The average molecular weight is 452 g/mol. The molecule has 0 radical (unpaired) electrons. The van der Waals surface area contributed by atoms with E-state index < -0.39 is 87.0 Å². The Morgan fingerprint density at radius 1 is 0.516 bits per heavy atom. The van der Waals surface area contributed by atoms with Crippen molar-refractivity contribution in [3.8, 4) is 5.75 Å². The van der Waals surface area contributed by atoms with Crippen LogP contribution in [0.1, 0.15) is 0 Å². The van der Waals surface area contributed by atoms with Crippen molar-refractivity contribution in [1.29, 1.82) is 0 Å². The van der Waals surface area contributed by atoms with Gasteiger partial charge in [0.2, 0.25) is 0 Å². The zero-order valence-corrected chi connectivity index (χ0v) is 15.1. The van der Waals surface area contributed by atoms with Crippen molar-refractivity contribution < 1.29 is 48.6 Å². The van der Waals surface area contributed by atoms with Gasteiger partial charge in [0, 0.05) is 28.5 Å². The van der Waals surface area contributed by atoms with Crippen LogP contribution in [0.25, 0.3) is 0 Å². The van der Waals surface area contributed by atoms with Crippen molar-refractivity contribution in [2.45, 2.75) is 0 Å². The lowest BCUT2D eigenvalue weighted by Crippen LogP contribution is -2.59. The summed E-state index contributed by atoms with van der Waals surface area (Å²) in [5.41, 5.74) is -5.01. The van der Waals surface area contributed by atoms with Crippen LogP contribution >= 0.6 is 0 Å². The summed E-state index contributed by atoms with van der Waals surface area (Å²) in [6.45, 7) is -2.89. The molecule has 12 heteroatoms. The van der Waals surface area contributed by atoms with Gasteiger partial charge in [0.25, 0.3) is 6.71 Å². The summed E-state index contributed by atoms with van der Waals surface area (Å²) < 4.78 is 146. The predicted octanol–water partition coefficient (Wildman–Crippen LogP) is 3.60. The van der Waals surface area contributed by atoms with Crippen molar-refractivity contribution in [2.75, 3.05) is 7.11 Å². The maximum Gasteiger partial charge on any atom is 0.264 e. The first kappa shape index (κ1) is 22.5. The van der Waals surface area contributed by atoms with Gasteiger partial charge in [0.05, 0.1) is 7.11 Å². The van der Waals surface area contributed by atoms with Gasteiger partial charge in [-0.1, -0.05) is 0 Å². The summed E-state index contributed by atoms with van der Waals surface area (Å²) in [6.07, 6.45) is 0. The summed E-state index contributed by atoms with van der Waals surface area (Å²) in [5, 5.41) is 0. The summed E-state index contributed by atoms with van der Waals surface area (Å²) >= 11 is 0. The molecule has 0 unspecified atom stereocenters. The van der Waals surface area contributed by atoms with Crippen LogP contribution in [0.3, 0.4) is 0 Å². The molecule has 0 fully saturated rings. The highest BCUT2D eigenvalue weighted by atomic mass is 19.2. The Hall–Kier alpha value is -3.18. The van der Waals surface area contributed by atoms with Crippen molar-refractivity contribution in [1.82, 2.24) is 0 Å². The number of benzene rings is 3. The molecule has 0 N–H and O–H groups in total. The molecule has 3 aromatic carbocycles. The smallest absolute Gasteiger partial charge is 0.264 e. The van der Waals surface area contributed by atoms with Crippen LogP contribution in [-0.4, -0.2) is 13.8 Å². The van der Waals surface area contributed by atoms with E-state index in [2.05, 4.69) is 4.74 Å². The van der Waals surface area contributed by atoms with E-state index in [4.69, 9.17) is 0 Å². The molecular weight excluding hydrogens is 445 g/mol. The molecule has 0 atom stereocenters. The molecule has 31 heavy (non-hydrogen) atoms. The largest absolute Gasteiger partial charge is 0.494 e. The summed E-state index contributed by atoms with van der Waals surface area (Å²) in [6, 6.07) is 0.704. The lowest BCUT2D eigenvalue weighted by Gasteiger charge is -2.21. The lowest BCUT2D eigenvalue weighted by atomic mass is 9.36. The minimum absolute atomic E-state index is 0.244. The van der Waals surface area contributed by atoms with E-state index in [1.54, 1.807) is 0 Å². The van der Waals surface area contributed by atoms with Crippen LogP contribution < -0.4 is 21.1 Å². The first-order valence-corrected chi connectivity index (χ1v) is 8.18. The number of hydrogen-bond donors (Lipinski definition) is 0. The molecule has 0 heterocycles. The van der Waals surface area contributed by atoms with Crippen molar-refractivity contribution in [3.05, 3.63) is 82.4 Å². The highest BCUT2D eigenvalue weighted by Crippen LogP contribution is 2.21. The van der Waals surface area contributed by atoms with Crippen LogP contribution in [0.2, 0.25) is 0 Å². The topological polar surface area (TPSA) is 9.23 Å². The maximum absolute atomic E-state index is 14.9. The zero-order valence-electron chi connectivity index (χ0n) is 15.1. The highest BCUT2D eigenvalue weighted by Gasteiger charge is 2.40. The Morgan fingerprint density at radius 3 is 1.35 bits per heavy atom. The molecular formula is C19H7BF10O. The average Bonchev–Trinajstić information content (AvgIpc) is 2.70. The Labute approximate surface area is 168 Å². The third kappa shape index (κ3) is 3.59. The molecule has 3 aromatic rings. The van der Waals surface area contributed by atoms with Crippen molar-refractivity contribution in [2.24, 2.45) is 0 Å². The first-order chi connectivity index (χ1) is 14.5. The molecule has 0 aliphatic carbocycles. The second-order valence-electron chi connectivity index (χ2n) is 6.17. The normalized spacial score (nSPS) is 11.1. The van der Waals surface area contributed by atoms with Crippen LogP contribution in [-0.2, 0) is 0 Å². The Kier molecular flexibility index (Phi) is 5.92. The zero-order chi connectivity index (χ0) is 23.2. The molecule has 0 spiro atoms. The van der Waals surface area contributed by atoms with Gasteiger partial charge in [-0.2, -0.15) is 0 Å². The molecule has 0 saturated heterocycles. The second-order valence-corrected chi connectivity index (χ2v) is 6.17. The van der Waals surface area contributed by atoms with Gasteiger partial charge in [-0.3, -0.25) is 0 Å². The fourth-order valence-corrected chi connectivity index (χ4v) is 3.09. The Morgan fingerprint density at radius 2 is 0.935 bits per heavy atom. The fourth-order valence-electron chi connectivity index (χ4n) is 3.09. The van der Waals surface area contributed by atoms with Gasteiger partial charge in [-0.05, 0) is 12.1 Å². The molecule has 3 rings (SSSR count). The number of ether oxygens (including phenoxy) is 1. The molecule has 0 bridgehead atoms. The highest BCUT2D eigenvalue weighted by molar-refractivity contribution is 6.95. The molecule has 0 amide bonds. The van der Waals surface area contributed by atoms with Crippen LogP contribution in [0.5, 0.6) is 5.75 Å². The van der Waals surface area contributed by atoms with Gasteiger partial charge in [-0.25, -0.2) is 43.9 Å². The van der Waals surface area contributed by atoms with Crippen LogP contribution in [0.4, 0.5) is 43.9 Å². The van der Waals surface area contributed by atoms with Crippen molar-refractivity contribution in [3.63, 3.8) is 0 Å². The van der Waals surface area contributed by atoms with E-state index in [-0.39, 0.29) is 12.1 Å².